The van der Waals surface area contributed by atoms with Crippen LogP contribution in [0.1, 0.15) is 21.1 Å². The molecule has 0 amide bonds. The maximum atomic E-state index is 11.8. The summed E-state index contributed by atoms with van der Waals surface area (Å²) in [5, 5.41) is 12.8. The zero-order chi connectivity index (χ0) is 15.2. The highest BCUT2D eigenvalue weighted by molar-refractivity contribution is 7.09. The lowest BCUT2D eigenvalue weighted by Crippen LogP contribution is -2.06. The van der Waals surface area contributed by atoms with Crippen LogP contribution < -0.4 is 0 Å². The molecule has 0 N–H and O–H groups in total. The number of benzene rings is 1. The minimum Gasteiger partial charge on any atom is -0.456 e. The van der Waals surface area contributed by atoms with Crippen molar-refractivity contribution in [2.75, 3.05) is 7.11 Å². The van der Waals surface area contributed by atoms with Crippen molar-refractivity contribution in [1.82, 2.24) is 4.98 Å². The molecular formula is C13H12N2O5S. The van der Waals surface area contributed by atoms with E-state index in [-0.39, 0.29) is 18.0 Å². The number of carbonyl (C=O) groups excluding carboxylic acids is 1. The van der Waals surface area contributed by atoms with Crippen LogP contribution in [-0.4, -0.2) is 23.0 Å². The van der Waals surface area contributed by atoms with Gasteiger partial charge in [-0.1, -0.05) is 0 Å². The second-order valence-corrected chi connectivity index (χ2v) is 5.00. The van der Waals surface area contributed by atoms with E-state index in [4.69, 9.17) is 9.47 Å². The van der Waals surface area contributed by atoms with Crippen molar-refractivity contribution in [3.8, 4) is 0 Å². The summed E-state index contributed by atoms with van der Waals surface area (Å²) < 4.78 is 10.0. The maximum Gasteiger partial charge on any atom is 0.358 e. The number of nitro groups is 1. The molecule has 0 aliphatic carbocycles. The minimum atomic E-state index is -0.535. The summed E-state index contributed by atoms with van der Waals surface area (Å²) in [5.41, 5.74) is 0.893. The molecule has 21 heavy (non-hydrogen) atoms. The van der Waals surface area contributed by atoms with Crippen molar-refractivity contribution in [3.63, 3.8) is 0 Å². The fraction of sp³-hybridized carbons (Fsp3) is 0.231. The number of methoxy groups -OCH3 is 1. The van der Waals surface area contributed by atoms with Crippen molar-refractivity contribution in [1.29, 1.82) is 0 Å². The molecule has 1 aromatic heterocycles. The summed E-state index contributed by atoms with van der Waals surface area (Å²) >= 11 is 1.32. The van der Waals surface area contributed by atoms with Gasteiger partial charge in [-0.25, -0.2) is 9.78 Å². The zero-order valence-corrected chi connectivity index (χ0v) is 12.0. The Hall–Kier alpha value is -2.32. The number of carbonyl (C=O) groups is 1. The van der Waals surface area contributed by atoms with Crippen LogP contribution in [0.2, 0.25) is 0 Å². The minimum absolute atomic E-state index is 0.00575. The third kappa shape index (κ3) is 4.07. The summed E-state index contributed by atoms with van der Waals surface area (Å²) in [6.45, 7) is 0.383. The monoisotopic (exact) mass is 308 g/mol. The predicted molar refractivity (Wildman–Crippen MR) is 75.0 cm³/mol. The molecule has 8 heteroatoms. The van der Waals surface area contributed by atoms with E-state index in [1.807, 2.05) is 0 Å². The molecule has 1 heterocycles. The normalized spacial score (nSPS) is 10.3. The van der Waals surface area contributed by atoms with E-state index in [2.05, 4.69) is 4.98 Å². The summed E-state index contributed by atoms with van der Waals surface area (Å²) in [7, 11) is 1.55. The molecule has 0 aliphatic heterocycles. The van der Waals surface area contributed by atoms with Gasteiger partial charge in [0.15, 0.2) is 5.69 Å². The Kier molecular flexibility index (Phi) is 4.96. The molecule has 110 valence electrons. The molecular weight excluding hydrogens is 296 g/mol. The van der Waals surface area contributed by atoms with Gasteiger partial charge in [0.25, 0.3) is 5.69 Å². The highest BCUT2D eigenvalue weighted by Crippen LogP contribution is 2.15. The first-order valence-corrected chi connectivity index (χ1v) is 6.82. The van der Waals surface area contributed by atoms with E-state index in [1.54, 1.807) is 24.6 Å². The van der Waals surface area contributed by atoms with Crippen LogP contribution in [0.3, 0.4) is 0 Å². The standard InChI is InChI=1S/C13H12N2O5S/c1-19-7-12-14-11(8-21-12)13(16)20-6-9-2-4-10(5-3-9)15(17)18/h2-5,8H,6-7H2,1H3. The van der Waals surface area contributed by atoms with Gasteiger partial charge in [0.2, 0.25) is 0 Å². The first-order chi connectivity index (χ1) is 10.1. The molecule has 2 aromatic rings. The quantitative estimate of drug-likeness (QED) is 0.462. The largest absolute Gasteiger partial charge is 0.456 e. The number of ether oxygens (including phenoxy) is 2. The summed E-state index contributed by atoms with van der Waals surface area (Å²) in [6.07, 6.45) is 0. The van der Waals surface area contributed by atoms with Crippen LogP contribution >= 0.6 is 11.3 Å². The number of rotatable bonds is 6. The number of esters is 1. The first-order valence-electron chi connectivity index (χ1n) is 5.94. The molecule has 0 radical (unpaired) electrons. The average Bonchev–Trinajstić information content (AvgIpc) is 2.94. The SMILES string of the molecule is COCc1nc(C(=O)OCc2ccc([N+](=O)[O-])cc2)cs1. The number of thiazole rings is 1. The Bertz CT molecular complexity index is 638. The van der Waals surface area contributed by atoms with E-state index < -0.39 is 10.9 Å². The van der Waals surface area contributed by atoms with Gasteiger partial charge in [0, 0.05) is 24.6 Å². The summed E-state index contributed by atoms with van der Waals surface area (Å²) in [4.78, 5) is 25.9. The number of aromatic nitrogens is 1. The molecule has 2 rings (SSSR count). The Morgan fingerprint density at radius 1 is 1.33 bits per heavy atom. The van der Waals surface area contributed by atoms with Crippen LogP contribution in [0, 0.1) is 10.1 Å². The molecule has 0 unspecified atom stereocenters. The molecule has 0 saturated heterocycles. The van der Waals surface area contributed by atoms with Gasteiger partial charge in [-0.15, -0.1) is 11.3 Å². The predicted octanol–water partition coefficient (Wildman–Crippen LogP) is 2.55. The third-order valence-corrected chi connectivity index (χ3v) is 3.37. The van der Waals surface area contributed by atoms with Crippen LogP contribution in [0.25, 0.3) is 0 Å². The molecule has 0 fully saturated rings. The summed E-state index contributed by atoms with van der Waals surface area (Å²) in [6, 6.07) is 5.82. The van der Waals surface area contributed by atoms with Crippen LogP contribution in [0.15, 0.2) is 29.6 Å². The van der Waals surface area contributed by atoms with Gasteiger partial charge in [-0.05, 0) is 17.7 Å². The lowest BCUT2D eigenvalue weighted by molar-refractivity contribution is -0.384. The first kappa shape index (κ1) is 15.1. The molecule has 0 aliphatic rings. The summed E-state index contributed by atoms with van der Waals surface area (Å²) in [5.74, 6) is -0.535. The van der Waals surface area contributed by atoms with Crippen molar-refractivity contribution in [3.05, 3.63) is 56.0 Å². The number of hydrogen-bond acceptors (Lipinski definition) is 7. The van der Waals surface area contributed by atoms with Gasteiger partial charge >= 0.3 is 5.97 Å². The maximum absolute atomic E-state index is 11.8. The second kappa shape index (κ2) is 6.91. The van der Waals surface area contributed by atoms with Crippen LogP contribution in [-0.2, 0) is 22.7 Å². The molecule has 0 spiro atoms. The molecule has 0 atom stereocenters. The van der Waals surface area contributed by atoms with Crippen molar-refractivity contribution in [2.24, 2.45) is 0 Å². The molecule has 0 saturated carbocycles. The van der Waals surface area contributed by atoms with E-state index in [1.165, 1.54) is 23.5 Å². The Balaban J connectivity index is 1.92. The lowest BCUT2D eigenvalue weighted by Gasteiger charge is -2.02. The van der Waals surface area contributed by atoms with Crippen molar-refractivity contribution < 1.29 is 19.2 Å². The smallest absolute Gasteiger partial charge is 0.358 e. The van der Waals surface area contributed by atoms with Gasteiger partial charge in [0.1, 0.15) is 11.6 Å². The van der Waals surface area contributed by atoms with Crippen molar-refractivity contribution in [2.45, 2.75) is 13.2 Å². The van der Waals surface area contributed by atoms with Crippen LogP contribution in [0.5, 0.6) is 0 Å². The lowest BCUT2D eigenvalue weighted by atomic mass is 10.2. The van der Waals surface area contributed by atoms with Gasteiger partial charge < -0.3 is 9.47 Å². The molecule has 0 bridgehead atoms. The Labute approximate surface area is 124 Å². The fourth-order valence-electron chi connectivity index (χ4n) is 1.53. The average molecular weight is 308 g/mol. The van der Waals surface area contributed by atoms with Gasteiger partial charge in [-0.3, -0.25) is 10.1 Å². The van der Waals surface area contributed by atoms with E-state index in [0.29, 0.717) is 17.2 Å². The third-order valence-electron chi connectivity index (χ3n) is 2.55. The topological polar surface area (TPSA) is 91.6 Å². The highest BCUT2D eigenvalue weighted by Gasteiger charge is 2.12. The highest BCUT2D eigenvalue weighted by atomic mass is 32.1. The van der Waals surface area contributed by atoms with Crippen LogP contribution in [0.4, 0.5) is 5.69 Å². The number of nitrogens with zero attached hydrogens (tertiary/aromatic N) is 2. The zero-order valence-electron chi connectivity index (χ0n) is 11.1. The second-order valence-electron chi connectivity index (χ2n) is 4.06. The van der Waals surface area contributed by atoms with Crippen molar-refractivity contribution >= 4 is 23.0 Å². The van der Waals surface area contributed by atoms with Gasteiger partial charge in [0.05, 0.1) is 11.5 Å². The molecule has 1 aromatic carbocycles. The number of non-ortho nitro benzene ring substituents is 1. The fourth-order valence-corrected chi connectivity index (χ4v) is 2.26. The van der Waals surface area contributed by atoms with Gasteiger partial charge in [-0.2, -0.15) is 0 Å². The van der Waals surface area contributed by atoms with E-state index in [9.17, 15) is 14.9 Å². The Morgan fingerprint density at radius 3 is 2.67 bits per heavy atom. The number of hydrogen-bond donors (Lipinski definition) is 0. The van der Waals surface area contributed by atoms with E-state index >= 15 is 0 Å². The Morgan fingerprint density at radius 2 is 2.05 bits per heavy atom. The van der Waals surface area contributed by atoms with E-state index in [0.717, 1.165) is 0 Å². The number of nitro benzene ring substituents is 1. The molecule has 7 nitrogen and oxygen atoms in total.